The number of pyridine rings is 3. The minimum Gasteiger partial charge on any atom is -0.352 e. The number of carbonyl (C=O) groups is 1. The van der Waals surface area contributed by atoms with E-state index in [0.29, 0.717) is 29.0 Å². The first-order valence-electron chi connectivity index (χ1n) is 12.1. The fourth-order valence-corrected chi connectivity index (χ4v) is 5.17. The molecule has 0 fully saturated rings. The van der Waals surface area contributed by atoms with Gasteiger partial charge in [-0.1, -0.05) is 20.8 Å². The topological polar surface area (TPSA) is 112 Å². The summed E-state index contributed by atoms with van der Waals surface area (Å²) < 4.78 is 13.7. The van der Waals surface area contributed by atoms with Gasteiger partial charge in [0.1, 0.15) is 11.2 Å². The number of hydrogen-bond donors (Lipinski definition) is 3. The third kappa shape index (κ3) is 4.66. The van der Waals surface area contributed by atoms with E-state index in [4.69, 9.17) is 4.98 Å². The van der Waals surface area contributed by atoms with Crippen LogP contribution in [0.2, 0.25) is 0 Å². The first kappa shape index (κ1) is 23.9. The Labute approximate surface area is 221 Å². The summed E-state index contributed by atoms with van der Waals surface area (Å²) in [6, 6.07) is 10.9. The molecule has 0 aliphatic rings. The molecule has 0 saturated heterocycles. The normalized spacial score (nSPS) is 11.9. The predicted octanol–water partition coefficient (Wildman–Crippen LogP) is 6.81. The molecule has 0 aromatic carbocycles. The molecule has 6 heterocycles. The Kier molecular flexibility index (Phi) is 5.76. The van der Waals surface area contributed by atoms with E-state index in [-0.39, 0.29) is 16.5 Å². The highest BCUT2D eigenvalue weighted by Crippen LogP contribution is 2.36. The van der Waals surface area contributed by atoms with Gasteiger partial charge in [0.15, 0.2) is 5.13 Å². The van der Waals surface area contributed by atoms with Crippen molar-refractivity contribution in [3.63, 3.8) is 0 Å². The number of nitrogens with zero attached hydrogens (tertiary/aromatic N) is 4. The molecule has 38 heavy (non-hydrogen) atoms. The lowest BCUT2D eigenvalue weighted by atomic mass is 9.92. The van der Waals surface area contributed by atoms with Crippen LogP contribution >= 0.6 is 11.3 Å². The van der Waals surface area contributed by atoms with Gasteiger partial charge < -0.3 is 10.3 Å². The van der Waals surface area contributed by atoms with Crippen LogP contribution in [0.15, 0.2) is 61.2 Å². The van der Waals surface area contributed by atoms with Crippen LogP contribution in [0.25, 0.3) is 55.0 Å². The van der Waals surface area contributed by atoms with Gasteiger partial charge in [-0.05, 0) is 41.8 Å². The molecule has 6 rings (SSSR count). The molecule has 10 heteroatoms. The summed E-state index contributed by atoms with van der Waals surface area (Å²) in [4.78, 5) is 30.1. The van der Waals surface area contributed by atoms with E-state index in [9.17, 15) is 9.18 Å². The number of carbonyl (C=O) groups excluding carboxylic acids is 1. The molecule has 0 aliphatic carbocycles. The van der Waals surface area contributed by atoms with E-state index in [2.05, 4.69) is 30.5 Å². The van der Waals surface area contributed by atoms with Gasteiger partial charge in [0, 0.05) is 40.2 Å². The molecular weight excluding hydrogens is 501 g/mol. The molecule has 0 atom stereocenters. The van der Waals surface area contributed by atoms with Crippen molar-refractivity contribution in [2.75, 3.05) is 5.32 Å². The molecule has 0 bridgehead atoms. The van der Waals surface area contributed by atoms with Crippen molar-refractivity contribution in [2.24, 2.45) is 5.41 Å². The lowest BCUT2D eigenvalue weighted by Gasteiger charge is -2.17. The Balaban J connectivity index is 1.36. The van der Waals surface area contributed by atoms with E-state index in [1.165, 1.54) is 6.07 Å². The molecule has 0 unspecified atom stereocenters. The second-order valence-electron chi connectivity index (χ2n) is 10.3. The highest BCUT2D eigenvalue weighted by atomic mass is 32.1. The lowest BCUT2D eigenvalue weighted by Crippen LogP contribution is -2.19. The molecule has 6 aromatic rings. The highest BCUT2D eigenvalue weighted by Gasteiger charge is 2.18. The third-order valence-corrected chi connectivity index (χ3v) is 6.96. The molecule has 3 N–H and O–H groups in total. The number of anilines is 1. The average molecular weight is 526 g/mol. The van der Waals surface area contributed by atoms with Gasteiger partial charge in [-0.3, -0.25) is 19.9 Å². The second-order valence-corrected chi connectivity index (χ2v) is 11.4. The summed E-state index contributed by atoms with van der Waals surface area (Å²) in [7, 11) is 0. The second kappa shape index (κ2) is 9.14. The molecule has 190 valence electrons. The standard InChI is InChI=1S/C28H24FN7OS/c1-28(2,3)10-25(37)32-16-8-15(11-30-12-16)19-4-5-20-26(34-19)27(36-35-20)21-9-17-18(13-31-14-22(17)33-21)23-6-7-24(29)38-23/h4-9,11-14,33H,10H2,1-3H3,(H,32,37)(H,35,36). The maximum absolute atomic E-state index is 13.7. The Morgan fingerprint density at radius 1 is 1.03 bits per heavy atom. The van der Waals surface area contributed by atoms with Gasteiger partial charge in [-0.2, -0.15) is 9.49 Å². The molecule has 1 amide bonds. The van der Waals surface area contributed by atoms with Gasteiger partial charge in [-0.15, -0.1) is 11.3 Å². The average Bonchev–Trinajstić information content (AvgIpc) is 3.60. The first-order chi connectivity index (χ1) is 18.2. The lowest BCUT2D eigenvalue weighted by molar-refractivity contribution is -0.117. The first-order valence-corrected chi connectivity index (χ1v) is 12.9. The van der Waals surface area contributed by atoms with Crippen LogP contribution in [0.1, 0.15) is 27.2 Å². The molecular formula is C28H24FN7OS. The summed E-state index contributed by atoms with van der Waals surface area (Å²) in [6.45, 7) is 6.07. The Morgan fingerprint density at radius 2 is 1.87 bits per heavy atom. The van der Waals surface area contributed by atoms with Crippen LogP contribution in [0.4, 0.5) is 10.1 Å². The maximum Gasteiger partial charge on any atom is 0.224 e. The Bertz CT molecular complexity index is 1810. The van der Waals surface area contributed by atoms with Crippen molar-refractivity contribution < 1.29 is 9.18 Å². The van der Waals surface area contributed by atoms with Crippen molar-refractivity contribution in [3.8, 4) is 33.1 Å². The number of nitrogens with one attached hydrogen (secondary N) is 3. The number of halogens is 1. The van der Waals surface area contributed by atoms with Crippen molar-refractivity contribution in [2.45, 2.75) is 27.2 Å². The van der Waals surface area contributed by atoms with E-state index in [1.807, 2.05) is 45.0 Å². The van der Waals surface area contributed by atoms with Crippen molar-refractivity contribution in [1.82, 2.24) is 30.1 Å². The van der Waals surface area contributed by atoms with Gasteiger partial charge in [-0.25, -0.2) is 4.98 Å². The minimum atomic E-state index is -0.241. The van der Waals surface area contributed by atoms with E-state index in [0.717, 1.165) is 49.5 Å². The summed E-state index contributed by atoms with van der Waals surface area (Å²) in [6.07, 6.45) is 7.23. The monoisotopic (exact) mass is 525 g/mol. The summed E-state index contributed by atoms with van der Waals surface area (Å²) in [5.74, 6) is -0.0602. The number of amides is 1. The zero-order valence-electron chi connectivity index (χ0n) is 21.0. The number of fused-ring (bicyclic) bond motifs is 2. The van der Waals surface area contributed by atoms with Crippen LogP contribution in [0.3, 0.4) is 0 Å². The minimum absolute atomic E-state index is 0.0602. The van der Waals surface area contributed by atoms with Crippen molar-refractivity contribution >= 4 is 44.9 Å². The molecule has 0 aliphatic heterocycles. The van der Waals surface area contributed by atoms with E-state index in [1.54, 1.807) is 30.9 Å². The van der Waals surface area contributed by atoms with Gasteiger partial charge >= 0.3 is 0 Å². The molecule has 0 spiro atoms. The highest BCUT2D eigenvalue weighted by molar-refractivity contribution is 7.14. The van der Waals surface area contributed by atoms with Crippen molar-refractivity contribution in [1.29, 1.82) is 0 Å². The Hall–Kier alpha value is -4.44. The van der Waals surface area contributed by atoms with Gasteiger partial charge in [0.2, 0.25) is 5.91 Å². The summed E-state index contributed by atoms with van der Waals surface area (Å²) >= 11 is 1.08. The van der Waals surface area contributed by atoms with Gasteiger partial charge in [0.25, 0.3) is 0 Å². The summed E-state index contributed by atoms with van der Waals surface area (Å²) in [5, 5.41) is 11.2. The predicted molar refractivity (Wildman–Crippen MR) is 148 cm³/mol. The van der Waals surface area contributed by atoms with E-state index >= 15 is 0 Å². The number of thiophene rings is 1. The van der Waals surface area contributed by atoms with E-state index < -0.39 is 0 Å². The smallest absolute Gasteiger partial charge is 0.224 e. The number of aromatic amines is 2. The van der Waals surface area contributed by atoms with Crippen LogP contribution in [-0.2, 0) is 4.79 Å². The van der Waals surface area contributed by atoms with Crippen LogP contribution < -0.4 is 5.32 Å². The zero-order chi connectivity index (χ0) is 26.4. The fraction of sp³-hybridized carbons (Fsp3) is 0.179. The molecule has 8 nitrogen and oxygen atoms in total. The largest absolute Gasteiger partial charge is 0.352 e. The quantitative estimate of drug-likeness (QED) is 0.229. The van der Waals surface area contributed by atoms with Crippen molar-refractivity contribution in [3.05, 3.63) is 66.3 Å². The molecule has 0 saturated carbocycles. The number of rotatable bonds is 5. The van der Waals surface area contributed by atoms with Gasteiger partial charge in [0.05, 0.1) is 40.5 Å². The van der Waals surface area contributed by atoms with Crippen LogP contribution in [0, 0.1) is 10.5 Å². The zero-order valence-corrected chi connectivity index (χ0v) is 21.8. The number of hydrogen-bond acceptors (Lipinski definition) is 6. The molecule has 6 aromatic heterocycles. The number of aromatic nitrogens is 6. The maximum atomic E-state index is 13.7. The molecule has 0 radical (unpaired) electrons. The van der Waals surface area contributed by atoms with Crippen LogP contribution in [0.5, 0.6) is 0 Å². The third-order valence-electron chi connectivity index (χ3n) is 6.06. The van der Waals surface area contributed by atoms with Crippen LogP contribution in [-0.4, -0.2) is 36.0 Å². The fourth-order valence-electron chi connectivity index (χ4n) is 4.42. The summed E-state index contributed by atoms with van der Waals surface area (Å²) in [5.41, 5.74) is 6.54. The number of H-pyrrole nitrogens is 2. The Morgan fingerprint density at radius 3 is 2.66 bits per heavy atom. The SMILES string of the molecule is CC(C)(C)CC(=O)Nc1cncc(-c2ccc3[nH]nc(-c4cc5c(-c6ccc(F)s6)cncc5[nH]4)c3n2)c1.